The van der Waals surface area contributed by atoms with Gasteiger partial charge in [-0.05, 0) is 70.6 Å². The van der Waals surface area contributed by atoms with Gasteiger partial charge in [-0.2, -0.15) is 0 Å². The van der Waals surface area contributed by atoms with Gasteiger partial charge in [0.15, 0.2) is 6.10 Å². The number of hydrogen-bond donors (Lipinski definition) is 0. The summed E-state index contributed by atoms with van der Waals surface area (Å²) in [6.45, 7) is 6.27. The monoisotopic (exact) mass is 725 g/mol. The Labute approximate surface area is 319 Å². The van der Waals surface area contributed by atoms with Crippen molar-refractivity contribution in [3.63, 3.8) is 0 Å². The summed E-state index contributed by atoms with van der Waals surface area (Å²) in [5, 5.41) is 0. The standard InChI is InChI=1S/C46H76O6/c1-4-7-10-13-16-19-22-25-27-30-33-36-39-45(48)51-42-43(52-46(49)40-37-34-31-28-24-21-18-15-12-9-6-3)41-50-44(47)38-35-32-29-26-23-20-17-14-11-8-5-2/h8-9,11-12,17-18,20-21,26,28-29,31,43H,4-7,10,13-16,19,22-25,27,30,32-42H2,1-3H3/b11-8-,12-9-,20-17-,21-18-,29-26-,31-28-. The summed E-state index contributed by atoms with van der Waals surface area (Å²) < 4.78 is 16.5. The molecule has 0 amide bonds. The zero-order valence-electron chi connectivity index (χ0n) is 33.5. The molecule has 0 radical (unpaired) electrons. The maximum Gasteiger partial charge on any atom is 0.306 e. The van der Waals surface area contributed by atoms with Gasteiger partial charge in [0.25, 0.3) is 0 Å². The van der Waals surface area contributed by atoms with Crippen LogP contribution < -0.4 is 0 Å². The van der Waals surface area contributed by atoms with Gasteiger partial charge in [-0.3, -0.25) is 14.4 Å². The Hall–Kier alpha value is -3.15. The topological polar surface area (TPSA) is 78.9 Å². The van der Waals surface area contributed by atoms with Crippen molar-refractivity contribution in [3.8, 4) is 0 Å². The quantitative estimate of drug-likeness (QED) is 0.0277. The Kier molecular flexibility index (Phi) is 38.2. The fraction of sp³-hybridized carbons (Fsp3) is 0.674. The molecule has 0 spiro atoms. The molecule has 296 valence electrons. The normalized spacial score (nSPS) is 12.8. The molecule has 1 unspecified atom stereocenters. The lowest BCUT2D eigenvalue weighted by atomic mass is 10.0. The average molecular weight is 725 g/mol. The summed E-state index contributed by atoms with van der Waals surface area (Å²) in [5.74, 6) is -1.03. The van der Waals surface area contributed by atoms with Gasteiger partial charge in [-0.1, -0.05) is 164 Å². The summed E-state index contributed by atoms with van der Waals surface area (Å²) in [4.78, 5) is 37.5. The molecule has 0 fully saturated rings. The maximum absolute atomic E-state index is 12.6. The smallest absolute Gasteiger partial charge is 0.306 e. The summed E-state index contributed by atoms with van der Waals surface area (Å²) in [6, 6.07) is 0. The number of rotatable bonds is 36. The lowest BCUT2D eigenvalue weighted by Crippen LogP contribution is -2.30. The van der Waals surface area contributed by atoms with E-state index in [0.717, 1.165) is 70.6 Å². The van der Waals surface area contributed by atoms with Gasteiger partial charge in [0.05, 0.1) is 0 Å². The molecule has 1 atom stereocenters. The molecule has 0 aromatic heterocycles. The molecule has 6 heteroatoms. The highest BCUT2D eigenvalue weighted by atomic mass is 16.6. The molecule has 0 saturated heterocycles. The first-order valence-corrected chi connectivity index (χ1v) is 20.9. The fourth-order valence-electron chi connectivity index (χ4n) is 5.37. The van der Waals surface area contributed by atoms with Crippen molar-refractivity contribution in [2.45, 2.75) is 187 Å². The van der Waals surface area contributed by atoms with Gasteiger partial charge >= 0.3 is 17.9 Å². The number of ether oxygens (including phenoxy) is 3. The molecule has 52 heavy (non-hydrogen) atoms. The molecule has 0 saturated carbocycles. The van der Waals surface area contributed by atoms with E-state index < -0.39 is 6.10 Å². The van der Waals surface area contributed by atoms with Crippen LogP contribution in [0.15, 0.2) is 72.9 Å². The first kappa shape index (κ1) is 48.9. The number of esters is 3. The molecule has 6 nitrogen and oxygen atoms in total. The van der Waals surface area contributed by atoms with Gasteiger partial charge in [0.1, 0.15) is 13.2 Å². The predicted molar refractivity (Wildman–Crippen MR) is 219 cm³/mol. The Morgan fingerprint density at radius 1 is 0.404 bits per heavy atom. The third-order valence-electron chi connectivity index (χ3n) is 8.46. The second kappa shape index (κ2) is 40.6. The van der Waals surface area contributed by atoms with Crippen LogP contribution in [0.25, 0.3) is 0 Å². The van der Waals surface area contributed by atoms with E-state index in [4.69, 9.17) is 14.2 Å². The van der Waals surface area contributed by atoms with Crippen LogP contribution in [-0.2, 0) is 28.6 Å². The summed E-state index contributed by atoms with van der Waals surface area (Å²) in [5.41, 5.74) is 0. The SMILES string of the molecule is CC/C=C\C/C=C\C/C=C\CCCC(=O)OCC(COC(=O)CCCCCCCCCCCCCC)OC(=O)CCC/C=C\C/C=C\C/C=C\CC. The minimum absolute atomic E-state index is 0.111. The van der Waals surface area contributed by atoms with Crippen LogP contribution in [0.4, 0.5) is 0 Å². The number of allylic oxidation sites excluding steroid dienone is 12. The molecular formula is C46H76O6. The van der Waals surface area contributed by atoms with Crippen molar-refractivity contribution >= 4 is 17.9 Å². The van der Waals surface area contributed by atoms with Crippen LogP contribution in [0.1, 0.15) is 181 Å². The van der Waals surface area contributed by atoms with E-state index in [1.165, 1.54) is 57.8 Å². The van der Waals surface area contributed by atoms with E-state index in [0.29, 0.717) is 19.3 Å². The largest absolute Gasteiger partial charge is 0.462 e. The first-order valence-electron chi connectivity index (χ1n) is 20.9. The Bertz CT molecular complexity index is 1020. The van der Waals surface area contributed by atoms with Crippen LogP contribution in [0.5, 0.6) is 0 Å². The Balaban J connectivity index is 4.52. The van der Waals surface area contributed by atoms with Gasteiger partial charge in [-0.15, -0.1) is 0 Å². The van der Waals surface area contributed by atoms with Crippen molar-refractivity contribution < 1.29 is 28.6 Å². The van der Waals surface area contributed by atoms with E-state index in [1.807, 2.05) is 0 Å². The van der Waals surface area contributed by atoms with Crippen molar-refractivity contribution in [1.82, 2.24) is 0 Å². The molecular weight excluding hydrogens is 648 g/mol. The van der Waals surface area contributed by atoms with Crippen molar-refractivity contribution in [2.24, 2.45) is 0 Å². The fourth-order valence-corrected chi connectivity index (χ4v) is 5.37. The van der Waals surface area contributed by atoms with Crippen LogP contribution in [-0.4, -0.2) is 37.2 Å². The lowest BCUT2D eigenvalue weighted by molar-refractivity contribution is -0.167. The molecule has 0 N–H and O–H groups in total. The van der Waals surface area contributed by atoms with Crippen LogP contribution in [0, 0.1) is 0 Å². The maximum atomic E-state index is 12.6. The highest BCUT2D eigenvalue weighted by molar-refractivity contribution is 5.71. The molecule has 0 aromatic rings. The highest BCUT2D eigenvalue weighted by Crippen LogP contribution is 2.13. The van der Waals surface area contributed by atoms with Gasteiger partial charge < -0.3 is 14.2 Å². The molecule has 0 aliphatic carbocycles. The second-order valence-electron chi connectivity index (χ2n) is 13.5. The lowest BCUT2D eigenvalue weighted by Gasteiger charge is -2.18. The van der Waals surface area contributed by atoms with Crippen molar-refractivity contribution in [2.75, 3.05) is 13.2 Å². The average Bonchev–Trinajstić information content (AvgIpc) is 3.14. The third kappa shape index (κ3) is 38.1. The number of carbonyl (C=O) groups excluding carboxylic acids is 3. The van der Waals surface area contributed by atoms with E-state index in [9.17, 15) is 14.4 Å². The molecule has 0 aliphatic heterocycles. The zero-order valence-corrected chi connectivity index (χ0v) is 33.5. The van der Waals surface area contributed by atoms with Crippen molar-refractivity contribution in [1.29, 1.82) is 0 Å². The zero-order chi connectivity index (χ0) is 38.0. The Morgan fingerprint density at radius 3 is 1.17 bits per heavy atom. The van der Waals surface area contributed by atoms with E-state index in [2.05, 4.69) is 93.7 Å². The number of hydrogen-bond acceptors (Lipinski definition) is 6. The predicted octanol–water partition coefficient (Wildman–Crippen LogP) is 13.1. The van der Waals surface area contributed by atoms with Crippen LogP contribution in [0.3, 0.4) is 0 Å². The van der Waals surface area contributed by atoms with Gasteiger partial charge in [0, 0.05) is 19.3 Å². The van der Waals surface area contributed by atoms with E-state index in [-0.39, 0.29) is 44.0 Å². The van der Waals surface area contributed by atoms with E-state index in [1.54, 1.807) is 0 Å². The van der Waals surface area contributed by atoms with Crippen LogP contribution >= 0.6 is 0 Å². The molecule has 0 heterocycles. The van der Waals surface area contributed by atoms with Crippen molar-refractivity contribution in [3.05, 3.63) is 72.9 Å². The molecule has 0 rings (SSSR count). The molecule has 0 aliphatic rings. The summed E-state index contributed by atoms with van der Waals surface area (Å²) in [6.07, 6.45) is 49.0. The number of carbonyl (C=O) groups is 3. The second-order valence-corrected chi connectivity index (χ2v) is 13.5. The minimum Gasteiger partial charge on any atom is -0.462 e. The molecule has 0 bridgehead atoms. The molecule has 0 aromatic carbocycles. The minimum atomic E-state index is -0.816. The van der Waals surface area contributed by atoms with Crippen LogP contribution in [0.2, 0.25) is 0 Å². The Morgan fingerprint density at radius 2 is 0.750 bits per heavy atom. The summed E-state index contributed by atoms with van der Waals surface area (Å²) in [7, 11) is 0. The first-order chi connectivity index (χ1) is 25.5. The number of unbranched alkanes of at least 4 members (excludes halogenated alkanes) is 13. The van der Waals surface area contributed by atoms with Gasteiger partial charge in [0.2, 0.25) is 0 Å². The third-order valence-corrected chi connectivity index (χ3v) is 8.46. The van der Waals surface area contributed by atoms with Gasteiger partial charge in [-0.25, -0.2) is 0 Å². The summed E-state index contributed by atoms with van der Waals surface area (Å²) >= 11 is 0. The van der Waals surface area contributed by atoms with E-state index >= 15 is 0 Å². The highest BCUT2D eigenvalue weighted by Gasteiger charge is 2.19.